The second-order valence-corrected chi connectivity index (χ2v) is 9.00. The summed E-state index contributed by atoms with van der Waals surface area (Å²) in [5.74, 6) is -1.96. The molecular weight excluding hydrogens is 368 g/mol. The van der Waals surface area contributed by atoms with Crippen molar-refractivity contribution in [3.8, 4) is 0 Å². The number of allylic oxidation sites excluding steroid dienone is 2. The molecule has 4 unspecified atom stereocenters. The van der Waals surface area contributed by atoms with Crippen LogP contribution in [0.15, 0.2) is 12.2 Å². The van der Waals surface area contributed by atoms with Gasteiger partial charge in [-0.05, 0) is 25.7 Å². The first-order chi connectivity index (χ1) is 13.0. The molecule has 3 saturated carbocycles. The lowest BCUT2D eigenvalue weighted by Gasteiger charge is -2.44. The van der Waals surface area contributed by atoms with E-state index in [0.717, 1.165) is 31.6 Å². The zero-order chi connectivity index (χ0) is 19.0. The number of hydrogen-bond acceptors (Lipinski definition) is 4. The predicted molar refractivity (Wildman–Crippen MR) is 96.2 cm³/mol. The van der Waals surface area contributed by atoms with Crippen LogP contribution in [0.5, 0.6) is 0 Å². The lowest BCUT2D eigenvalue weighted by Crippen LogP contribution is -2.50. The minimum absolute atomic E-state index is 0.0595. The van der Waals surface area contributed by atoms with Crippen LogP contribution in [-0.2, 0) is 19.2 Å². The number of nitrogens with zero attached hydrogens (tertiary/aromatic N) is 2. The second-order valence-electron chi connectivity index (χ2n) is 8.47. The average Bonchev–Trinajstić information content (AvgIpc) is 3.56. The summed E-state index contributed by atoms with van der Waals surface area (Å²) in [7, 11) is 0. The summed E-state index contributed by atoms with van der Waals surface area (Å²) < 4.78 is 0. The molecular formula is C20H23ClN2O4. The third-order valence-corrected chi connectivity index (χ3v) is 6.90. The van der Waals surface area contributed by atoms with Gasteiger partial charge in [-0.1, -0.05) is 19.1 Å². The number of halogens is 1. The molecule has 0 aromatic carbocycles. The average molecular weight is 391 g/mol. The van der Waals surface area contributed by atoms with Crippen LogP contribution in [0.4, 0.5) is 0 Å². The largest absolute Gasteiger partial charge is 0.279 e. The summed E-state index contributed by atoms with van der Waals surface area (Å²) in [5, 5.41) is 0. The lowest BCUT2D eigenvalue weighted by molar-refractivity contribution is -0.140. The van der Waals surface area contributed by atoms with Crippen LogP contribution >= 0.6 is 11.6 Å². The number of alkyl halides is 1. The molecule has 0 aromatic rings. The number of carbonyl (C=O) groups is 4. The van der Waals surface area contributed by atoms with Crippen molar-refractivity contribution in [1.82, 2.24) is 9.80 Å². The fourth-order valence-corrected chi connectivity index (χ4v) is 5.66. The predicted octanol–water partition coefficient (Wildman–Crippen LogP) is 1.57. The van der Waals surface area contributed by atoms with Crippen molar-refractivity contribution in [1.29, 1.82) is 0 Å². The smallest absolute Gasteiger partial charge is 0.233 e. The zero-order valence-corrected chi connectivity index (χ0v) is 16.0. The Balaban J connectivity index is 0.000000504. The van der Waals surface area contributed by atoms with Gasteiger partial charge in [0.1, 0.15) is 0 Å². The van der Waals surface area contributed by atoms with Crippen molar-refractivity contribution in [2.75, 3.05) is 5.88 Å². The van der Waals surface area contributed by atoms with Crippen LogP contribution in [0.1, 0.15) is 32.6 Å². The van der Waals surface area contributed by atoms with Crippen LogP contribution < -0.4 is 0 Å². The highest BCUT2D eigenvalue weighted by atomic mass is 35.5. The molecule has 2 aliphatic heterocycles. The van der Waals surface area contributed by atoms with Crippen molar-refractivity contribution >= 4 is 35.2 Å². The van der Waals surface area contributed by atoms with E-state index in [1.807, 2.05) is 19.1 Å². The van der Waals surface area contributed by atoms with Crippen LogP contribution in [0, 0.1) is 35.5 Å². The lowest BCUT2D eigenvalue weighted by atomic mass is 9.54. The van der Waals surface area contributed by atoms with E-state index in [-0.39, 0.29) is 47.5 Å². The first-order valence-electron chi connectivity index (χ1n) is 9.99. The van der Waals surface area contributed by atoms with Gasteiger partial charge >= 0.3 is 0 Å². The SMILES string of the molecule is CCCl.O=C1C2C3C=CC(C2C(=O)N1C1CC1)C1C(=O)N(C2CC2)C(=O)C31. The Morgan fingerprint density at radius 3 is 1.22 bits per heavy atom. The molecule has 2 bridgehead atoms. The number of amides is 4. The molecule has 7 aliphatic rings. The topological polar surface area (TPSA) is 74.8 Å². The number of rotatable bonds is 2. The Labute approximate surface area is 162 Å². The molecule has 0 N–H and O–H groups in total. The minimum Gasteiger partial charge on any atom is -0.279 e. The van der Waals surface area contributed by atoms with Gasteiger partial charge in [-0.15, -0.1) is 11.6 Å². The summed E-state index contributed by atoms with van der Waals surface area (Å²) in [4.78, 5) is 54.5. The number of carbonyl (C=O) groups excluding carboxylic acids is 4. The monoisotopic (exact) mass is 390 g/mol. The van der Waals surface area contributed by atoms with Gasteiger partial charge < -0.3 is 0 Å². The van der Waals surface area contributed by atoms with E-state index < -0.39 is 23.7 Å². The van der Waals surface area contributed by atoms with Gasteiger partial charge in [0.15, 0.2) is 0 Å². The molecule has 5 aliphatic carbocycles. The van der Waals surface area contributed by atoms with E-state index in [0.29, 0.717) is 0 Å². The third-order valence-electron chi connectivity index (χ3n) is 6.90. The maximum absolute atomic E-state index is 12.9. The molecule has 144 valence electrons. The molecule has 5 fully saturated rings. The molecule has 0 aromatic heterocycles. The summed E-state index contributed by atoms with van der Waals surface area (Å²) in [5.41, 5.74) is 0. The highest BCUT2D eigenvalue weighted by molar-refractivity contribution is 6.17. The van der Waals surface area contributed by atoms with Crippen molar-refractivity contribution in [3.05, 3.63) is 12.2 Å². The zero-order valence-electron chi connectivity index (χ0n) is 15.2. The van der Waals surface area contributed by atoms with Crippen LogP contribution in [-0.4, -0.2) is 51.4 Å². The van der Waals surface area contributed by atoms with Gasteiger partial charge in [0, 0.05) is 29.8 Å². The summed E-state index contributed by atoms with van der Waals surface area (Å²) in [6, 6.07) is 0.119. The molecule has 0 radical (unpaired) electrons. The normalized spacial score (nSPS) is 41.7. The van der Waals surface area contributed by atoms with Gasteiger partial charge in [-0.2, -0.15) is 0 Å². The fraction of sp³-hybridized carbons (Fsp3) is 0.700. The molecule has 2 saturated heterocycles. The highest BCUT2D eigenvalue weighted by Gasteiger charge is 2.70. The molecule has 27 heavy (non-hydrogen) atoms. The first kappa shape index (κ1) is 17.4. The maximum atomic E-state index is 12.9. The molecule has 4 amide bonds. The van der Waals surface area contributed by atoms with Crippen LogP contribution in [0.2, 0.25) is 0 Å². The summed E-state index contributed by atoms with van der Waals surface area (Å²) in [6.07, 6.45) is 7.44. The molecule has 7 rings (SSSR count). The molecule has 2 heterocycles. The Morgan fingerprint density at radius 2 is 1.00 bits per heavy atom. The van der Waals surface area contributed by atoms with Gasteiger partial charge in [0.25, 0.3) is 0 Å². The molecule has 4 atom stereocenters. The number of likely N-dealkylation sites (tertiary alicyclic amines) is 2. The Bertz CT molecular complexity index is 666. The molecule has 7 heteroatoms. The Hall–Kier alpha value is -1.69. The highest BCUT2D eigenvalue weighted by Crippen LogP contribution is 2.59. The molecule has 6 nitrogen and oxygen atoms in total. The quantitative estimate of drug-likeness (QED) is 0.407. The van der Waals surface area contributed by atoms with Crippen molar-refractivity contribution < 1.29 is 19.2 Å². The number of hydrogen-bond donors (Lipinski definition) is 0. The van der Waals surface area contributed by atoms with Gasteiger partial charge in [-0.3, -0.25) is 29.0 Å². The van der Waals surface area contributed by atoms with Gasteiger partial charge in [0.2, 0.25) is 23.6 Å². The van der Waals surface area contributed by atoms with Crippen molar-refractivity contribution in [2.24, 2.45) is 35.5 Å². The van der Waals surface area contributed by atoms with E-state index in [1.54, 1.807) is 0 Å². The minimum atomic E-state index is -0.426. The number of imide groups is 2. The van der Waals surface area contributed by atoms with E-state index in [4.69, 9.17) is 11.6 Å². The fourth-order valence-electron chi connectivity index (χ4n) is 5.66. The van der Waals surface area contributed by atoms with Gasteiger partial charge in [-0.25, -0.2) is 0 Å². The van der Waals surface area contributed by atoms with Crippen molar-refractivity contribution in [2.45, 2.75) is 44.7 Å². The van der Waals surface area contributed by atoms with E-state index in [1.165, 1.54) is 9.80 Å². The van der Waals surface area contributed by atoms with Crippen LogP contribution in [0.3, 0.4) is 0 Å². The van der Waals surface area contributed by atoms with E-state index in [9.17, 15) is 19.2 Å². The first-order valence-corrected chi connectivity index (χ1v) is 10.5. The second kappa shape index (κ2) is 5.90. The summed E-state index contributed by atoms with van der Waals surface area (Å²) >= 11 is 5.00. The Morgan fingerprint density at radius 1 is 0.741 bits per heavy atom. The van der Waals surface area contributed by atoms with E-state index >= 15 is 0 Å². The van der Waals surface area contributed by atoms with E-state index in [2.05, 4.69) is 0 Å². The third kappa shape index (κ3) is 2.25. The Kier molecular flexibility index (Phi) is 3.81. The van der Waals surface area contributed by atoms with Crippen LogP contribution in [0.25, 0.3) is 0 Å². The van der Waals surface area contributed by atoms with Crippen molar-refractivity contribution in [3.63, 3.8) is 0 Å². The molecule has 0 spiro atoms. The summed E-state index contributed by atoms with van der Waals surface area (Å²) in [6.45, 7) is 1.89. The standard InChI is InChI=1S/C18H18N2O4.C2H5Cl/c21-15-11-9-5-6-10(12(11)16(22)19(15)7-1-2-7)14-13(9)17(23)20(18(14)24)8-3-4-8;1-2-3/h5-14H,1-4H2;2H2,1H3. The van der Waals surface area contributed by atoms with Gasteiger partial charge in [0.05, 0.1) is 23.7 Å². The maximum Gasteiger partial charge on any atom is 0.233 e.